The summed E-state index contributed by atoms with van der Waals surface area (Å²) in [5.41, 5.74) is 8.90. The Bertz CT molecular complexity index is 958. The minimum atomic E-state index is 0.393. The van der Waals surface area contributed by atoms with Gasteiger partial charge in [-0.05, 0) is 19.1 Å². The quantitative estimate of drug-likeness (QED) is 0.719. The number of nitrogens with one attached hydrogen (secondary N) is 1. The Morgan fingerprint density at radius 1 is 1.23 bits per heavy atom. The largest absolute Gasteiger partial charge is 0.465 e. The van der Waals surface area contributed by atoms with E-state index in [9.17, 15) is 0 Å². The van der Waals surface area contributed by atoms with Crippen LogP contribution in [0.1, 0.15) is 6.92 Å². The molecule has 136 valence electrons. The van der Waals surface area contributed by atoms with E-state index in [-0.39, 0.29) is 0 Å². The average Bonchev–Trinajstić information content (AvgIpc) is 3.07. The Labute approximate surface area is 150 Å². The van der Waals surface area contributed by atoms with Crippen LogP contribution in [-0.2, 0) is 4.74 Å². The number of H-pyrrole nitrogens is 1. The van der Waals surface area contributed by atoms with E-state index in [4.69, 9.17) is 20.3 Å². The van der Waals surface area contributed by atoms with Crippen molar-refractivity contribution in [2.45, 2.75) is 6.92 Å². The zero-order valence-corrected chi connectivity index (χ0v) is 14.6. The van der Waals surface area contributed by atoms with Gasteiger partial charge in [-0.25, -0.2) is 0 Å². The van der Waals surface area contributed by atoms with Crippen molar-refractivity contribution in [2.75, 3.05) is 38.6 Å². The maximum atomic E-state index is 6.46. The van der Waals surface area contributed by atoms with Gasteiger partial charge in [-0.2, -0.15) is 9.97 Å². The Morgan fingerprint density at radius 3 is 2.73 bits per heavy atom. The van der Waals surface area contributed by atoms with E-state index in [0.717, 1.165) is 5.69 Å². The molecule has 0 unspecified atom stereocenters. The summed E-state index contributed by atoms with van der Waals surface area (Å²) in [7, 11) is 0. The zero-order chi connectivity index (χ0) is 17.9. The Hall–Kier alpha value is -3.07. The molecule has 0 spiro atoms. The molecule has 1 aromatic carbocycles. The third-order valence-electron chi connectivity index (χ3n) is 4.08. The number of anilines is 1. The summed E-state index contributed by atoms with van der Waals surface area (Å²) in [5.74, 6) is 0.478. The van der Waals surface area contributed by atoms with Gasteiger partial charge in [0.25, 0.3) is 11.6 Å². The van der Waals surface area contributed by atoms with E-state index in [1.165, 1.54) is 0 Å². The van der Waals surface area contributed by atoms with Gasteiger partial charge in [0.1, 0.15) is 11.3 Å². The number of nitrogens with zero attached hydrogens (tertiary/aromatic N) is 5. The van der Waals surface area contributed by atoms with Gasteiger partial charge < -0.3 is 20.2 Å². The van der Waals surface area contributed by atoms with Crippen molar-refractivity contribution >= 4 is 17.0 Å². The standard InChI is InChI=1S/C17H21N7O2/c1-2-26-17-19-13-14(18)24(12-6-4-3-5-7-12)16(20-15(13)21-17)22-23-8-10-25-11-9-23/h3-7H,2,8-11,18H2,1H3,(H,19,20,21,22). The zero-order valence-electron chi connectivity index (χ0n) is 14.6. The number of hydrogen-bond acceptors (Lipinski definition) is 7. The molecular formula is C17H21N7O2. The molecule has 1 aliphatic rings. The van der Waals surface area contributed by atoms with E-state index < -0.39 is 0 Å². The molecule has 1 fully saturated rings. The number of nitrogen functional groups attached to an aromatic ring is 1. The SMILES string of the molecule is CCOc1nc2nc(=NN3CCOCC3)n(-c3ccccc3)c(N)c2[nH]1. The lowest BCUT2D eigenvalue weighted by Gasteiger charge is -2.23. The van der Waals surface area contributed by atoms with Gasteiger partial charge in [-0.15, -0.1) is 5.10 Å². The number of aromatic nitrogens is 4. The highest BCUT2D eigenvalue weighted by molar-refractivity contribution is 5.83. The van der Waals surface area contributed by atoms with Gasteiger partial charge in [0.15, 0.2) is 5.65 Å². The lowest BCUT2D eigenvalue weighted by molar-refractivity contribution is 0.0363. The summed E-state index contributed by atoms with van der Waals surface area (Å²) >= 11 is 0. The fourth-order valence-electron chi connectivity index (χ4n) is 2.85. The third kappa shape index (κ3) is 3.08. The normalized spacial score (nSPS) is 15.6. The number of benzene rings is 1. The molecule has 0 saturated carbocycles. The summed E-state index contributed by atoms with van der Waals surface area (Å²) in [5, 5.41) is 6.63. The number of nitrogens with two attached hydrogens (primary N) is 1. The molecule has 9 heteroatoms. The molecular weight excluding hydrogens is 334 g/mol. The fraction of sp³-hybridized carbons (Fsp3) is 0.353. The second-order valence-electron chi connectivity index (χ2n) is 5.81. The monoisotopic (exact) mass is 355 g/mol. The minimum Gasteiger partial charge on any atom is -0.465 e. The number of fused-ring (bicyclic) bond motifs is 1. The van der Waals surface area contributed by atoms with Gasteiger partial charge in [0.2, 0.25) is 0 Å². The lowest BCUT2D eigenvalue weighted by Crippen LogP contribution is -2.37. The van der Waals surface area contributed by atoms with Crippen molar-refractivity contribution in [3.05, 3.63) is 36.0 Å². The highest BCUT2D eigenvalue weighted by Crippen LogP contribution is 2.21. The van der Waals surface area contributed by atoms with Crippen molar-refractivity contribution in [1.82, 2.24) is 24.5 Å². The second kappa shape index (κ2) is 7.04. The van der Waals surface area contributed by atoms with Crippen LogP contribution in [0.2, 0.25) is 0 Å². The fourth-order valence-corrected chi connectivity index (χ4v) is 2.85. The summed E-state index contributed by atoms with van der Waals surface area (Å²) in [6.07, 6.45) is 0. The van der Waals surface area contributed by atoms with Crippen LogP contribution in [0.15, 0.2) is 35.4 Å². The Kier molecular flexibility index (Phi) is 4.44. The highest BCUT2D eigenvalue weighted by atomic mass is 16.5. The molecule has 3 aromatic rings. The maximum Gasteiger partial charge on any atom is 0.296 e. The number of para-hydroxylation sites is 1. The topological polar surface area (TPSA) is 107 Å². The first-order valence-corrected chi connectivity index (χ1v) is 8.60. The van der Waals surface area contributed by atoms with Gasteiger partial charge in [-0.3, -0.25) is 9.58 Å². The molecule has 0 atom stereocenters. The summed E-state index contributed by atoms with van der Waals surface area (Å²) < 4.78 is 12.7. The first-order valence-electron chi connectivity index (χ1n) is 8.60. The number of ether oxygens (including phenoxy) is 2. The first kappa shape index (κ1) is 16.4. The van der Waals surface area contributed by atoms with Crippen LogP contribution < -0.4 is 16.1 Å². The summed E-state index contributed by atoms with van der Waals surface area (Å²) in [4.78, 5) is 12.1. The lowest BCUT2D eigenvalue weighted by atomic mass is 10.3. The van der Waals surface area contributed by atoms with Crippen LogP contribution in [0.25, 0.3) is 16.9 Å². The molecule has 3 N–H and O–H groups in total. The molecule has 2 aromatic heterocycles. The molecule has 0 amide bonds. The predicted molar refractivity (Wildman–Crippen MR) is 96.8 cm³/mol. The number of hydrogen-bond donors (Lipinski definition) is 2. The number of imidazole rings is 1. The van der Waals surface area contributed by atoms with E-state index in [1.807, 2.05) is 46.8 Å². The third-order valence-corrected chi connectivity index (χ3v) is 4.08. The Morgan fingerprint density at radius 2 is 2.00 bits per heavy atom. The molecule has 26 heavy (non-hydrogen) atoms. The average molecular weight is 355 g/mol. The molecule has 1 aliphatic heterocycles. The molecule has 0 aliphatic carbocycles. The van der Waals surface area contributed by atoms with E-state index in [1.54, 1.807) is 0 Å². The van der Waals surface area contributed by atoms with E-state index in [0.29, 0.717) is 61.5 Å². The van der Waals surface area contributed by atoms with E-state index in [2.05, 4.69) is 15.0 Å². The van der Waals surface area contributed by atoms with Crippen LogP contribution in [0.3, 0.4) is 0 Å². The van der Waals surface area contributed by atoms with Crippen molar-refractivity contribution in [3.8, 4) is 11.7 Å². The second-order valence-corrected chi connectivity index (χ2v) is 5.81. The van der Waals surface area contributed by atoms with Crippen LogP contribution in [-0.4, -0.2) is 57.4 Å². The highest BCUT2D eigenvalue weighted by Gasteiger charge is 2.16. The maximum absolute atomic E-state index is 6.46. The molecule has 3 heterocycles. The molecule has 4 rings (SSSR count). The minimum absolute atomic E-state index is 0.393. The van der Waals surface area contributed by atoms with Gasteiger partial charge in [0.05, 0.1) is 38.6 Å². The smallest absolute Gasteiger partial charge is 0.296 e. The van der Waals surface area contributed by atoms with Gasteiger partial charge in [0, 0.05) is 0 Å². The first-order chi connectivity index (χ1) is 12.8. The van der Waals surface area contributed by atoms with Crippen molar-refractivity contribution in [2.24, 2.45) is 5.10 Å². The van der Waals surface area contributed by atoms with Crippen molar-refractivity contribution < 1.29 is 9.47 Å². The molecule has 1 saturated heterocycles. The van der Waals surface area contributed by atoms with Crippen molar-refractivity contribution in [1.29, 1.82) is 0 Å². The van der Waals surface area contributed by atoms with Crippen LogP contribution in [0, 0.1) is 0 Å². The number of aromatic amines is 1. The summed E-state index contributed by atoms with van der Waals surface area (Å²) in [6, 6.07) is 10.2. The van der Waals surface area contributed by atoms with Crippen molar-refractivity contribution in [3.63, 3.8) is 0 Å². The van der Waals surface area contributed by atoms with Crippen LogP contribution in [0.4, 0.5) is 5.82 Å². The van der Waals surface area contributed by atoms with E-state index >= 15 is 0 Å². The Balaban J connectivity index is 1.93. The van der Waals surface area contributed by atoms with Crippen LogP contribution in [0.5, 0.6) is 6.01 Å². The number of rotatable bonds is 4. The predicted octanol–water partition coefficient (Wildman–Crippen LogP) is 0.877. The van der Waals surface area contributed by atoms with Gasteiger partial charge >= 0.3 is 0 Å². The molecule has 0 radical (unpaired) electrons. The molecule has 9 nitrogen and oxygen atoms in total. The van der Waals surface area contributed by atoms with Gasteiger partial charge in [-0.1, -0.05) is 18.2 Å². The van der Waals surface area contributed by atoms with Crippen LogP contribution >= 0.6 is 0 Å². The molecule has 0 bridgehead atoms. The summed E-state index contributed by atoms with van der Waals surface area (Å²) in [6.45, 7) is 5.10. The number of morpholine rings is 1.